The summed E-state index contributed by atoms with van der Waals surface area (Å²) in [6.45, 7) is 4.21. The first kappa shape index (κ1) is 23.3. The molecule has 3 aromatic carbocycles. The number of aryl methyl sites for hydroxylation is 2. The van der Waals surface area contributed by atoms with E-state index in [4.69, 9.17) is 9.47 Å². The van der Waals surface area contributed by atoms with E-state index in [0.717, 1.165) is 17.5 Å². The molecule has 0 aromatic heterocycles. The minimum atomic E-state index is -0.460. The Balaban J connectivity index is 1.45. The summed E-state index contributed by atoms with van der Waals surface area (Å²) < 4.78 is 12.0. The lowest BCUT2D eigenvalue weighted by Gasteiger charge is -2.12. The number of carbonyl (C=O) groups is 2. The van der Waals surface area contributed by atoms with Gasteiger partial charge in [-0.3, -0.25) is 20.4 Å². The van der Waals surface area contributed by atoms with E-state index in [-0.39, 0.29) is 6.61 Å². The van der Waals surface area contributed by atoms with Crippen molar-refractivity contribution >= 4 is 27.7 Å². The molecule has 0 aliphatic carbocycles. The minimum Gasteiger partial charge on any atom is -0.492 e. The highest BCUT2D eigenvalue weighted by Gasteiger charge is 2.11. The van der Waals surface area contributed by atoms with Crippen molar-refractivity contribution in [3.8, 4) is 11.5 Å². The maximum atomic E-state index is 12.3. The quantitative estimate of drug-likeness (QED) is 0.449. The molecular formula is C25H25BrN2O4. The van der Waals surface area contributed by atoms with Gasteiger partial charge in [0, 0.05) is 12.0 Å². The Morgan fingerprint density at radius 1 is 0.875 bits per heavy atom. The van der Waals surface area contributed by atoms with Crippen LogP contribution in [0, 0.1) is 13.8 Å². The number of halogens is 1. The van der Waals surface area contributed by atoms with Crippen molar-refractivity contribution in [2.24, 2.45) is 0 Å². The molecule has 3 aromatic rings. The second-order valence-corrected chi connectivity index (χ2v) is 8.14. The van der Waals surface area contributed by atoms with Crippen molar-refractivity contribution in [1.82, 2.24) is 10.9 Å². The first-order valence-corrected chi connectivity index (χ1v) is 11.0. The Bertz CT molecular complexity index is 1090. The lowest BCUT2D eigenvalue weighted by Crippen LogP contribution is -2.43. The molecule has 0 atom stereocenters. The summed E-state index contributed by atoms with van der Waals surface area (Å²) in [5, 5.41) is 0. The van der Waals surface area contributed by atoms with E-state index in [0.29, 0.717) is 28.1 Å². The third kappa shape index (κ3) is 6.85. The molecule has 0 aliphatic rings. The number of rotatable bonds is 8. The molecule has 7 heteroatoms. The van der Waals surface area contributed by atoms with Crippen molar-refractivity contribution < 1.29 is 19.1 Å². The molecule has 6 nitrogen and oxygen atoms in total. The van der Waals surface area contributed by atoms with E-state index >= 15 is 0 Å². The van der Waals surface area contributed by atoms with Crippen molar-refractivity contribution in [2.45, 2.75) is 20.3 Å². The number of hydrogen-bond donors (Lipinski definition) is 2. The molecule has 0 bridgehead atoms. The Kier molecular flexibility index (Phi) is 8.27. The van der Waals surface area contributed by atoms with Gasteiger partial charge >= 0.3 is 0 Å². The maximum absolute atomic E-state index is 12.3. The second-order valence-electron chi connectivity index (χ2n) is 7.29. The van der Waals surface area contributed by atoms with Gasteiger partial charge in [-0.1, -0.05) is 48.0 Å². The summed E-state index contributed by atoms with van der Waals surface area (Å²) in [5.74, 6) is 0.368. The number of hydrogen-bond acceptors (Lipinski definition) is 4. The molecule has 0 saturated carbocycles. The van der Waals surface area contributed by atoms with Gasteiger partial charge < -0.3 is 9.47 Å². The highest BCUT2D eigenvalue weighted by molar-refractivity contribution is 9.10. The smallest absolute Gasteiger partial charge is 0.276 e. The van der Waals surface area contributed by atoms with Crippen LogP contribution in [0.3, 0.4) is 0 Å². The molecule has 0 aliphatic heterocycles. The van der Waals surface area contributed by atoms with E-state index in [1.807, 2.05) is 62.4 Å². The molecule has 32 heavy (non-hydrogen) atoms. The summed E-state index contributed by atoms with van der Waals surface area (Å²) in [5.41, 5.74) is 8.38. The van der Waals surface area contributed by atoms with Crippen molar-refractivity contribution in [2.75, 3.05) is 13.2 Å². The van der Waals surface area contributed by atoms with Gasteiger partial charge in [0.15, 0.2) is 6.61 Å². The average Bonchev–Trinajstić information content (AvgIpc) is 2.78. The van der Waals surface area contributed by atoms with Crippen molar-refractivity contribution in [3.05, 3.63) is 93.5 Å². The average molecular weight is 497 g/mol. The third-order valence-corrected chi connectivity index (χ3v) is 5.31. The summed E-state index contributed by atoms with van der Waals surface area (Å²) in [7, 11) is 0. The molecule has 0 saturated heterocycles. The van der Waals surface area contributed by atoms with Gasteiger partial charge in [-0.2, -0.15) is 0 Å². The number of benzene rings is 3. The van der Waals surface area contributed by atoms with Crippen LogP contribution in [-0.4, -0.2) is 25.0 Å². The standard InChI is InChI=1S/C25H25BrN2O4/c1-17-8-10-22(18(2)14-17)32-16-24(29)27-28-25(30)20-9-11-23(21(26)15-20)31-13-12-19-6-4-3-5-7-19/h3-11,14-15H,12-13,16H2,1-2H3,(H,27,29)(H,28,30). The Morgan fingerprint density at radius 2 is 1.62 bits per heavy atom. The molecule has 3 rings (SSSR count). The Morgan fingerprint density at radius 3 is 2.34 bits per heavy atom. The van der Waals surface area contributed by atoms with Crippen LogP contribution in [-0.2, 0) is 11.2 Å². The zero-order valence-electron chi connectivity index (χ0n) is 18.0. The number of amides is 2. The first-order valence-electron chi connectivity index (χ1n) is 10.2. The fraction of sp³-hybridized carbons (Fsp3) is 0.200. The lowest BCUT2D eigenvalue weighted by atomic mass is 10.1. The SMILES string of the molecule is Cc1ccc(OCC(=O)NNC(=O)c2ccc(OCCc3ccccc3)c(Br)c2)c(C)c1. The van der Waals surface area contributed by atoms with Crippen molar-refractivity contribution in [1.29, 1.82) is 0 Å². The largest absolute Gasteiger partial charge is 0.492 e. The zero-order chi connectivity index (χ0) is 22.9. The monoisotopic (exact) mass is 496 g/mol. The van der Waals surface area contributed by atoms with E-state index in [9.17, 15) is 9.59 Å². The highest BCUT2D eigenvalue weighted by Crippen LogP contribution is 2.26. The molecule has 2 N–H and O–H groups in total. The number of hydrazine groups is 1. The Labute approximate surface area is 196 Å². The van der Waals surface area contributed by atoms with Gasteiger partial charge in [0.05, 0.1) is 11.1 Å². The lowest BCUT2D eigenvalue weighted by molar-refractivity contribution is -0.123. The summed E-state index contributed by atoms with van der Waals surface area (Å²) in [6.07, 6.45) is 0.783. The number of nitrogens with one attached hydrogen (secondary N) is 2. The maximum Gasteiger partial charge on any atom is 0.276 e. The van der Waals surface area contributed by atoms with E-state index in [1.54, 1.807) is 18.2 Å². The van der Waals surface area contributed by atoms with Crippen LogP contribution in [0.2, 0.25) is 0 Å². The minimum absolute atomic E-state index is 0.206. The normalized spacial score (nSPS) is 10.3. The van der Waals surface area contributed by atoms with E-state index in [1.165, 1.54) is 5.56 Å². The summed E-state index contributed by atoms with van der Waals surface area (Å²) >= 11 is 3.43. The van der Waals surface area contributed by atoms with Gasteiger partial charge in [0.1, 0.15) is 11.5 Å². The molecule has 0 radical (unpaired) electrons. The van der Waals surface area contributed by atoms with Gasteiger partial charge in [-0.05, 0) is 65.2 Å². The highest BCUT2D eigenvalue weighted by atomic mass is 79.9. The molecule has 2 amide bonds. The summed E-state index contributed by atoms with van der Waals surface area (Å²) in [4.78, 5) is 24.4. The predicted octanol–water partition coefficient (Wildman–Crippen LogP) is 4.53. The van der Waals surface area contributed by atoms with Crippen LogP contribution in [0.1, 0.15) is 27.0 Å². The fourth-order valence-electron chi connectivity index (χ4n) is 3.02. The van der Waals surface area contributed by atoms with Gasteiger partial charge in [-0.25, -0.2) is 0 Å². The topological polar surface area (TPSA) is 76.7 Å². The van der Waals surface area contributed by atoms with Crippen molar-refractivity contribution in [3.63, 3.8) is 0 Å². The molecule has 166 valence electrons. The molecule has 0 unspecified atom stereocenters. The number of ether oxygens (including phenoxy) is 2. The molecular weight excluding hydrogens is 472 g/mol. The van der Waals surface area contributed by atoms with Crippen LogP contribution in [0.25, 0.3) is 0 Å². The van der Waals surface area contributed by atoms with E-state index in [2.05, 4.69) is 26.8 Å². The van der Waals surface area contributed by atoms with Crippen LogP contribution in [0.4, 0.5) is 0 Å². The predicted molar refractivity (Wildman–Crippen MR) is 127 cm³/mol. The first-order chi connectivity index (χ1) is 15.4. The van der Waals surface area contributed by atoms with Gasteiger partial charge in [-0.15, -0.1) is 0 Å². The third-order valence-electron chi connectivity index (χ3n) is 4.69. The van der Waals surface area contributed by atoms with Crippen LogP contribution in [0.15, 0.2) is 71.2 Å². The molecule has 0 spiro atoms. The number of carbonyl (C=O) groups excluding carboxylic acids is 2. The molecule has 0 heterocycles. The summed E-state index contributed by atoms with van der Waals surface area (Å²) in [6, 6.07) is 20.8. The van der Waals surface area contributed by atoms with Crippen LogP contribution in [0.5, 0.6) is 11.5 Å². The van der Waals surface area contributed by atoms with Gasteiger partial charge in [0.25, 0.3) is 11.8 Å². The fourth-order valence-corrected chi connectivity index (χ4v) is 3.52. The Hall–Kier alpha value is -3.32. The van der Waals surface area contributed by atoms with Gasteiger partial charge in [0.2, 0.25) is 0 Å². The molecule has 0 fully saturated rings. The van der Waals surface area contributed by atoms with Crippen LogP contribution >= 0.6 is 15.9 Å². The zero-order valence-corrected chi connectivity index (χ0v) is 19.6. The second kappa shape index (κ2) is 11.3. The van der Waals surface area contributed by atoms with E-state index < -0.39 is 11.8 Å². The van der Waals surface area contributed by atoms with Crippen LogP contribution < -0.4 is 20.3 Å².